The molecule has 2 saturated heterocycles. The smallest absolute Gasteiger partial charge is 0.290 e. The van der Waals surface area contributed by atoms with E-state index in [9.17, 15) is 18.0 Å². The molecule has 0 unspecified atom stereocenters. The molecule has 1 aromatic carbocycles. The number of carbonyl (C=O) groups is 3. The number of nitrogens with one attached hydrogen (secondary N) is 1. The maximum Gasteiger partial charge on any atom is 0.290 e. The Morgan fingerprint density at radius 2 is 1.94 bits per heavy atom. The number of aryl methyl sites for hydroxylation is 1. The molecule has 0 bridgehead atoms. The average molecular weight is 475 g/mol. The van der Waals surface area contributed by atoms with Gasteiger partial charge in [0.1, 0.15) is 15.3 Å². The van der Waals surface area contributed by atoms with Gasteiger partial charge in [0.15, 0.2) is 0 Å². The maximum absolute atomic E-state index is 13.5. The summed E-state index contributed by atoms with van der Waals surface area (Å²) < 4.78 is 25.3. The molecule has 0 saturated carbocycles. The van der Waals surface area contributed by atoms with Crippen LogP contribution in [0.15, 0.2) is 36.7 Å². The van der Waals surface area contributed by atoms with Gasteiger partial charge in [-0.1, -0.05) is 18.2 Å². The first-order valence-electron chi connectivity index (χ1n) is 10.7. The van der Waals surface area contributed by atoms with Crippen molar-refractivity contribution in [2.75, 3.05) is 23.4 Å². The fraction of sp³-hybridized carbons (Fsp3) is 0.455. The van der Waals surface area contributed by atoms with E-state index in [2.05, 4.69) is 10.4 Å². The zero-order valence-electron chi connectivity index (χ0n) is 18.2. The summed E-state index contributed by atoms with van der Waals surface area (Å²) in [6.45, 7) is 0.198. The lowest BCUT2D eigenvalue weighted by molar-refractivity contribution is -0.138. The van der Waals surface area contributed by atoms with Crippen LogP contribution in [0, 0.1) is 5.92 Å². The minimum absolute atomic E-state index is 0.0449. The first-order chi connectivity index (χ1) is 15.7. The number of fused-ring (bicyclic) bond motifs is 2. The van der Waals surface area contributed by atoms with Crippen molar-refractivity contribution in [1.29, 1.82) is 0 Å². The second-order valence-electron chi connectivity index (χ2n) is 8.63. The van der Waals surface area contributed by atoms with Crippen molar-refractivity contribution in [2.24, 2.45) is 13.0 Å². The Morgan fingerprint density at radius 1 is 1.27 bits per heavy atom. The predicted octanol–water partition coefficient (Wildman–Crippen LogP) is 1.11. The Labute approximate surface area is 191 Å². The van der Waals surface area contributed by atoms with Crippen molar-refractivity contribution in [3.63, 3.8) is 0 Å². The highest BCUT2D eigenvalue weighted by atomic mass is 32.2. The zero-order chi connectivity index (χ0) is 23.8. The molecule has 1 aromatic heterocycles. The Bertz CT molecular complexity index is 1180. The maximum atomic E-state index is 13.5. The highest BCUT2D eigenvalue weighted by Crippen LogP contribution is 2.55. The summed E-state index contributed by atoms with van der Waals surface area (Å²) in [6, 6.07) is 7.17. The second kappa shape index (κ2) is 8.62. The number of amides is 2. The molecule has 3 aliphatic rings. The molecule has 11 heteroatoms. The normalized spacial score (nSPS) is 25.8. The lowest BCUT2D eigenvalue weighted by atomic mass is 9.73. The predicted molar refractivity (Wildman–Crippen MR) is 119 cm³/mol. The van der Waals surface area contributed by atoms with Gasteiger partial charge in [-0.2, -0.15) is 5.10 Å². The molecule has 10 nitrogen and oxygen atoms in total. The van der Waals surface area contributed by atoms with E-state index in [1.165, 1.54) is 0 Å². The SMILES string of the molecule is Cn1cc([C@@H]2N(C(=O)C3CCS(=O)(=O)CC3)CC[C@]23C(=O)Nc2ccccc23)cn1.O=CO. The van der Waals surface area contributed by atoms with Crippen LogP contribution in [0.5, 0.6) is 0 Å². The molecule has 2 fully saturated rings. The molecule has 176 valence electrons. The van der Waals surface area contributed by atoms with Gasteiger partial charge in [0.2, 0.25) is 11.8 Å². The van der Waals surface area contributed by atoms with Gasteiger partial charge in [0, 0.05) is 37.0 Å². The van der Waals surface area contributed by atoms with Crippen LogP contribution >= 0.6 is 0 Å². The fourth-order valence-electron chi connectivity index (χ4n) is 5.34. The van der Waals surface area contributed by atoms with Crippen LogP contribution < -0.4 is 5.32 Å². The Kier molecular flexibility index (Phi) is 6.00. The Balaban J connectivity index is 0.000000821. The van der Waals surface area contributed by atoms with Gasteiger partial charge in [-0.05, 0) is 30.9 Å². The summed E-state index contributed by atoms with van der Waals surface area (Å²) in [4.78, 5) is 37.0. The van der Waals surface area contributed by atoms with Crippen LogP contribution in [0.1, 0.15) is 36.4 Å². The average Bonchev–Trinajstić information content (AvgIpc) is 3.45. The fourth-order valence-corrected chi connectivity index (χ4v) is 6.83. The summed E-state index contributed by atoms with van der Waals surface area (Å²) in [5.41, 5.74) is 1.65. The van der Waals surface area contributed by atoms with E-state index in [1.807, 2.05) is 37.5 Å². The topological polar surface area (TPSA) is 139 Å². The Morgan fingerprint density at radius 3 is 2.58 bits per heavy atom. The van der Waals surface area contributed by atoms with Gasteiger partial charge >= 0.3 is 0 Å². The largest absolute Gasteiger partial charge is 0.483 e. The number of anilines is 1. The lowest BCUT2D eigenvalue weighted by Gasteiger charge is -2.35. The molecule has 5 rings (SSSR count). The number of carbonyl (C=O) groups excluding carboxylic acids is 2. The third-order valence-corrected chi connectivity index (χ3v) is 8.53. The first kappa shape index (κ1) is 23.0. The molecule has 4 heterocycles. The van der Waals surface area contributed by atoms with Crippen molar-refractivity contribution >= 4 is 33.8 Å². The van der Waals surface area contributed by atoms with Gasteiger partial charge in [-0.15, -0.1) is 0 Å². The molecule has 2 amide bonds. The summed E-state index contributed by atoms with van der Waals surface area (Å²) in [7, 11) is -1.24. The number of para-hydroxylation sites is 1. The second-order valence-corrected chi connectivity index (χ2v) is 10.9. The summed E-state index contributed by atoms with van der Waals surface area (Å²) in [6.07, 6.45) is 4.78. The molecule has 33 heavy (non-hydrogen) atoms. The van der Waals surface area contributed by atoms with E-state index in [0.29, 0.717) is 25.8 Å². The molecular formula is C22H26N4O6S. The number of likely N-dealkylation sites (tertiary alicyclic amines) is 1. The van der Waals surface area contributed by atoms with Gasteiger partial charge < -0.3 is 15.3 Å². The van der Waals surface area contributed by atoms with Crippen molar-refractivity contribution in [1.82, 2.24) is 14.7 Å². The molecule has 2 N–H and O–H groups in total. The van der Waals surface area contributed by atoms with Gasteiger partial charge in [-0.3, -0.25) is 19.1 Å². The van der Waals surface area contributed by atoms with E-state index < -0.39 is 21.3 Å². The number of nitrogens with zero attached hydrogens (tertiary/aromatic N) is 3. The molecule has 2 aromatic rings. The van der Waals surface area contributed by atoms with Crippen molar-refractivity contribution < 1.29 is 27.9 Å². The summed E-state index contributed by atoms with van der Waals surface area (Å²) in [5.74, 6) is -0.401. The molecule has 0 radical (unpaired) electrons. The third kappa shape index (κ3) is 3.90. The van der Waals surface area contributed by atoms with Gasteiger partial charge in [0.25, 0.3) is 6.47 Å². The van der Waals surface area contributed by atoms with Crippen LogP contribution in [0.25, 0.3) is 0 Å². The number of sulfone groups is 1. The van der Waals surface area contributed by atoms with E-state index in [4.69, 9.17) is 9.90 Å². The number of hydrogen-bond acceptors (Lipinski definition) is 6. The van der Waals surface area contributed by atoms with Crippen LogP contribution in [-0.4, -0.2) is 64.5 Å². The van der Waals surface area contributed by atoms with Crippen molar-refractivity contribution in [2.45, 2.75) is 30.7 Å². The number of benzene rings is 1. The lowest BCUT2D eigenvalue weighted by Crippen LogP contribution is -2.45. The monoisotopic (exact) mass is 474 g/mol. The summed E-state index contributed by atoms with van der Waals surface area (Å²) >= 11 is 0. The quantitative estimate of drug-likeness (QED) is 0.622. The third-order valence-electron chi connectivity index (χ3n) is 6.81. The van der Waals surface area contributed by atoms with E-state index in [-0.39, 0.29) is 35.7 Å². The van der Waals surface area contributed by atoms with Crippen molar-refractivity contribution in [3.8, 4) is 0 Å². The number of rotatable bonds is 2. The highest BCUT2D eigenvalue weighted by molar-refractivity contribution is 7.91. The Hall–Kier alpha value is -3.21. The van der Waals surface area contributed by atoms with Crippen molar-refractivity contribution in [3.05, 3.63) is 47.8 Å². The molecule has 1 spiro atoms. The van der Waals surface area contributed by atoms with Crippen LogP contribution in [0.2, 0.25) is 0 Å². The minimum atomic E-state index is -3.05. The minimum Gasteiger partial charge on any atom is -0.483 e. The number of aromatic nitrogens is 2. The van der Waals surface area contributed by atoms with Gasteiger partial charge in [0.05, 0.1) is 23.7 Å². The van der Waals surface area contributed by atoms with E-state index in [1.54, 1.807) is 15.8 Å². The molecular weight excluding hydrogens is 448 g/mol. The van der Waals surface area contributed by atoms with E-state index >= 15 is 0 Å². The van der Waals surface area contributed by atoms with Crippen LogP contribution in [-0.2, 0) is 36.7 Å². The number of carboxylic acid groups (broad SMARTS) is 1. The standard InChI is InChI=1S/C21H24N4O4S.CH2O2/c1-24-13-15(12-22-24)18-21(16-4-2-3-5-17(16)23-20(21)27)8-9-25(18)19(26)14-6-10-30(28,29)11-7-14;2-1-3/h2-5,12-14,18H,6-11H2,1H3,(H,23,27);1H,(H,2,3)/t18-,21+;/m0./s1. The first-order valence-corrected chi connectivity index (χ1v) is 12.5. The molecule has 3 aliphatic heterocycles. The molecule has 0 aliphatic carbocycles. The van der Waals surface area contributed by atoms with E-state index in [0.717, 1.165) is 16.8 Å². The zero-order valence-corrected chi connectivity index (χ0v) is 19.0. The molecule has 2 atom stereocenters. The van der Waals surface area contributed by atoms with Gasteiger partial charge in [-0.25, -0.2) is 8.42 Å². The summed E-state index contributed by atoms with van der Waals surface area (Å²) in [5, 5.41) is 14.2. The van der Waals surface area contributed by atoms with Crippen LogP contribution in [0.4, 0.5) is 5.69 Å². The number of hydrogen-bond donors (Lipinski definition) is 2. The highest BCUT2D eigenvalue weighted by Gasteiger charge is 2.60. The van der Waals surface area contributed by atoms with Crippen LogP contribution in [0.3, 0.4) is 0 Å².